The van der Waals surface area contributed by atoms with Crippen molar-refractivity contribution in [3.8, 4) is 0 Å². The second-order valence-electron chi connectivity index (χ2n) is 4.39. The zero-order chi connectivity index (χ0) is 14.8. The number of ether oxygens (including phenoxy) is 1. The van der Waals surface area contributed by atoms with Crippen molar-refractivity contribution in [3.05, 3.63) is 29.8 Å². The van der Waals surface area contributed by atoms with Crippen molar-refractivity contribution in [2.75, 3.05) is 18.5 Å². The summed E-state index contributed by atoms with van der Waals surface area (Å²) in [6, 6.07) is 6.38. The minimum Gasteiger partial charge on any atom is -0.462 e. The summed E-state index contributed by atoms with van der Waals surface area (Å²) in [6.45, 7) is 4.89. The van der Waals surface area contributed by atoms with Gasteiger partial charge in [-0.15, -0.1) is 0 Å². The van der Waals surface area contributed by atoms with Crippen LogP contribution >= 0.6 is 0 Å². The van der Waals surface area contributed by atoms with Gasteiger partial charge in [0.2, 0.25) is 0 Å². The van der Waals surface area contributed by atoms with Crippen LogP contribution in [0.4, 0.5) is 10.5 Å². The Labute approximate surface area is 119 Å². The van der Waals surface area contributed by atoms with Gasteiger partial charge in [-0.1, -0.05) is 19.8 Å². The van der Waals surface area contributed by atoms with Crippen molar-refractivity contribution in [2.45, 2.75) is 33.1 Å². The first-order chi connectivity index (χ1) is 9.67. The zero-order valence-corrected chi connectivity index (χ0v) is 12.1. The van der Waals surface area contributed by atoms with E-state index in [0.717, 1.165) is 19.3 Å². The molecule has 0 saturated carbocycles. The van der Waals surface area contributed by atoms with Crippen LogP contribution in [-0.2, 0) is 4.74 Å². The van der Waals surface area contributed by atoms with E-state index in [2.05, 4.69) is 17.6 Å². The van der Waals surface area contributed by atoms with E-state index in [9.17, 15) is 9.59 Å². The van der Waals surface area contributed by atoms with E-state index in [1.54, 1.807) is 31.2 Å². The Morgan fingerprint density at radius 1 is 1.10 bits per heavy atom. The summed E-state index contributed by atoms with van der Waals surface area (Å²) in [5.74, 6) is -0.358. The van der Waals surface area contributed by atoms with Gasteiger partial charge in [0.1, 0.15) is 0 Å². The molecule has 0 aliphatic carbocycles. The number of anilines is 1. The topological polar surface area (TPSA) is 67.4 Å². The van der Waals surface area contributed by atoms with Gasteiger partial charge in [0, 0.05) is 12.2 Å². The molecule has 0 bridgehead atoms. The van der Waals surface area contributed by atoms with E-state index >= 15 is 0 Å². The molecule has 110 valence electrons. The highest BCUT2D eigenvalue weighted by Crippen LogP contribution is 2.10. The van der Waals surface area contributed by atoms with Crippen molar-refractivity contribution >= 4 is 17.7 Å². The van der Waals surface area contributed by atoms with Gasteiger partial charge < -0.3 is 15.4 Å². The number of rotatable bonds is 7. The van der Waals surface area contributed by atoms with E-state index in [0.29, 0.717) is 24.4 Å². The summed E-state index contributed by atoms with van der Waals surface area (Å²) in [4.78, 5) is 23.0. The van der Waals surface area contributed by atoms with Crippen molar-refractivity contribution in [2.24, 2.45) is 0 Å². The van der Waals surface area contributed by atoms with Crippen molar-refractivity contribution in [1.29, 1.82) is 0 Å². The second kappa shape index (κ2) is 8.96. The molecule has 0 radical (unpaired) electrons. The maximum atomic E-state index is 11.6. The molecular formula is C15H22N2O3. The number of nitrogens with one attached hydrogen (secondary N) is 2. The van der Waals surface area contributed by atoms with Gasteiger partial charge in [-0.25, -0.2) is 9.59 Å². The first-order valence-corrected chi connectivity index (χ1v) is 6.99. The molecule has 0 aliphatic heterocycles. The van der Waals surface area contributed by atoms with E-state index in [1.165, 1.54) is 0 Å². The summed E-state index contributed by atoms with van der Waals surface area (Å²) in [5, 5.41) is 5.50. The Kier molecular flexibility index (Phi) is 7.17. The molecular weight excluding hydrogens is 256 g/mol. The van der Waals surface area contributed by atoms with E-state index in [4.69, 9.17) is 4.74 Å². The maximum Gasteiger partial charge on any atom is 0.338 e. The fourth-order valence-electron chi connectivity index (χ4n) is 1.66. The van der Waals surface area contributed by atoms with Gasteiger partial charge >= 0.3 is 12.0 Å². The number of urea groups is 1. The summed E-state index contributed by atoms with van der Waals surface area (Å²) in [5.41, 5.74) is 1.12. The van der Waals surface area contributed by atoms with Gasteiger partial charge in [0.05, 0.1) is 12.2 Å². The highest BCUT2D eigenvalue weighted by molar-refractivity contribution is 5.92. The second-order valence-corrected chi connectivity index (χ2v) is 4.39. The largest absolute Gasteiger partial charge is 0.462 e. The smallest absolute Gasteiger partial charge is 0.338 e. The maximum absolute atomic E-state index is 11.6. The van der Waals surface area contributed by atoms with Gasteiger partial charge in [-0.05, 0) is 37.6 Å². The third kappa shape index (κ3) is 5.73. The standard InChI is InChI=1S/C15H22N2O3/c1-3-5-6-11-16-15(19)17-13-9-7-12(8-10-13)14(18)20-4-2/h7-10H,3-6,11H2,1-2H3,(H2,16,17,19). The molecule has 0 fully saturated rings. The minimum absolute atomic E-state index is 0.231. The Morgan fingerprint density at radius 2 is 1.80 bits per heavy atom. The Balaban J connectivity index is 2.41. The van der Waals surface area contributed by atoms with Crippen LogP contribution in [-0.4, -0.2) is 25.2 Å². The Morgan fingerprint density at radius 3 is 2.40 bits per heavy atom. The number of unbranched alkanes of at least 4 members (excludes halogenated alkanes) is 2. The van der Waals surface area contributed by atoms with Crippen molar-refractivity contribution in [1.82, 2.24) is 5.32 Å². The molecule has 0 atom stereocenters. The van der Waals surface area contributed by atoms with E-state index in [-0.39, 0.29) is 12.0 Å². The molecule has 0 aliphatic rings. The number of carbonyl (C=O) groups is 2. The predicted molar refractivity (Wildman–Crippen MR) is 78.9 cm³/mol. The number of hydrogen-bond donors (Lipinski definition) is 2. The molecule has 0 unspecified atom stereocenters. The van der Waals surface area contributed by atoms with Gasteiger partial charge in [-0.3, -0.25) is 0 Å². The van der Waals surface area contributed by atoms with Crippen LogP contribution in [0.25, 0.3) is 0 Å². The fraction of sp³-hybridized carbons (Fsp3) is 0.467. The Hall–Kier alpha value is -2.04. The molecule has 1 aromatic carbocycles. The van der Waals surface area contributed by atoms with Crippen molar-refractivity contribution in [3.63, 3.8) is 0 Å². The molecule has 5 heteroatoms. The number of benzene rings is 1. The highest BCUT2D eigenvalue weighted by Gasteiger charge is 2.06. The number of amides is 2. The monoisotopic (exact) mass is 278 g/mol. The van der Waals surface area contributed by atoms with Gasteiger partial charge in [0.25, 0.3) is 0 Å². The fourth-order valence-corrected chi connectivity index (χ4v) is 1.66. The zero-order valence-electron chi connectivity index (χ0n) is 12.1. The van der Waals surface area contributed by atoms with E-state index in [1.807, 2.05) is 0 Å². The Bertz CT molecular complexity index is 429. The summed E-state index contributed by atoms with van der Waals surface area (Å²) in [6.07, 6.45) is 3.21. The van der Waals surface area contributed by atoms with Crippen LogP contribution in [0.1, 0.15) is 43.5 Å². The molecule has 0 aromatic heterocycles. The van der Waals surface area contributed by atoms with Crippen LogP contribution in [0.3, 0.4) is 0 Å². The molecule has 0 heterocycles. The van der Waals surface area contributed by atoms with E-state index < -0.39 is 0 Å². The summed E-state index contributed by atoms with van der Waals surface area (Å²) in [7, 11) is 0. The third-order valence-electron chi connectivity index (χ3n) is 2.72. The summed E-state index contributed by atoms with van der Waals surface area (Å²) < 4.78 is 4.89. The first-order valence-electron chi connectivity index (χ1n) is 6.99. The van der Waals surface area contributed by atoms with Crippen LogP contribution in [0.2, 0.25) is 0 Å². The number of hydrogen-bond acceptors (Lipinski definition) is 3. The van der Waals surface area contributed by atoms with Crippen LogP contribution in [0, 0.1) is 0 Å². The average Bonchev–Trinajstić information content (AvgIpc) is 2.45. The molecule has 2 amide bonds. The molecule has 1 rings (SSSR count). The summed E-state index contributed by atoms with van der Waals surface area (Å²) >= 11 is 0. The SMILES string of the molecule is CCCCCNC(=O)Nc1ccc(C(=O)OCC)cc1. The lowest BCUT2D eigenvalue weighted by molar-refractivity contribution is 0.0526. The molecule has 20 heavy (non-hydrogen) atoms. The third-order valence-corrected chi connectivity index (χ3v) is 2.72. The lowest BCUT2D eigenvalue weighted by Gasteiger charge is -2.08. The van der Waals surface area contributed by atoms with Crippen LogP contribution < -0.4 is 10.6 Å². The number of esters is 1. The van der Waals surface area contributed by atoms with Crippen molar-refractivity contribution < 1.29 is 14.3 Å². The molecule has 1 aromatic rings. The normalized spacial score (nSPS) is 9.90. The molecule has 2 N–H and O–H groups in total. The molecule has 0 saturated heterocycles. The average molecular weight is 278 g/mol. The number of carbonyl (C=O) groups excluding carboxylic acids is 2. The van der Waals surface area contributed by atoms with Gasteiger partial charge in [0.15, 0.2) is 0 Å². The first kappa shape index (κ1) is 16.0. The van der Waals surface area contributed by atoms with Crippen LogP contribution in [0.15, 0.2) is 24.3 Å². The van der Waals surface area contributed by atoms with Gasteiger partial charge in [-0.2, -0.15) is 0 Å². The lowest BCUT2D eigenvalue weighted by Crippen LogP contribution is -2.29. The quantitative estimate of drug-likeness (QED) is 0.594. The minimum atomic E-state index is -0.358. The molecule has 0 spiro atoms. The van der Waals surface area contributed by atoms with Crippen LogP contribution in [0.5, 0.6) is 0 Å². The lowest BCUT2D eigenvalue weighted by atomic mass is 10.2. The highest BCUT2D eigenvalue weighted by atomic mass is 16.5. The predicted octanol–water partition coefficient (Wildman–Crippen LogP) is 3.18. The molecule has 5 nitrogen and oxygen atoms in total.